The summed E-state index contributed by atoms with van der Waals surface area (Å²) in [5, 5.41) is 8.67. The Hall–Kier alpha value is -0.830. The van der Waals surface area contributed by atoms with E-state index in [-0.39, 0.29) is 6.61 Å². The van der Waals surface area contributed by atoms with E-state index in [0.29, 0.717) is 5.57 Å². The van der Waals surface area contributed by atoms with Gasteiger partial charge in [-0.2, -0.15) is 0 Å². The van der Waals surface area contributed by atoms with Crippen LogP contribution < -0.4 is 5.73 Å². The minimum absolute atomic E-state index is 0.0231. The van der Waals surface area contributed by atoms with Crippen LogP contribution in [0.5, 0.6) is 0 Å². The summed E-state index contributed by atoms with van der Waals surface area (Å²) in [6.07, 6.45) is 5.64. The Morgan fingerprint density at radius 2 is 2.36 bits per heavy atom. The van der Waals surface area contributed by atoms with Crippen molar-refractivity contribution in [3.63, 3.8) is 0 Å². The lowest BCUT2D eigenvalue weighted by atomic mass is 10.3. The maximum absolute atomic E-state index is 8.67. The summed E-state index contributed by atoms with van der Waals surface area (Å²) in [4.78, 5) is 4.14. The minimum Gasteiger partial charge on any atom is -0.404 e. The van der Waals surface area contributed by atoms with Gasteiger partial charge in [0.1, 0.15) is 0 Å². The molecule has 3 N–H and O–H groups in total. The van der Waals surface area contributed by atoms with Gasteiger partial charge in [0.05, 0.1) is 6.61 Å². The van der Waals surface area contributed by atoms with Crippen molar-refractivity contribution in [1.29, 1.82) is 0 Å². The van der Waals surface area contributed by atoms with Crippen molar-refractivity contribution in [1.82, 2.24) is 0 Å². The topological polar surface area (TPSA) is 58.6 Å². The zero-order chi connectivity index (χ0) is 8.10. The Kier molecular flexibility index (Phi) is 3.11. The molecule has 0 aromatic rings. The standard InChI is InChI=1S/C8H14N2O/c9-3-8(6-11)5-10-4-7-1-2-7/h3,5,7,11H,1-2,4,6,9H2. The predicted octanol–water partition coefficient (Wildman–Crippen LogP) is 0.302. The molecule has 0 unspecified atom stereocenters. The van der Waals surface area contributed by atoms with E-state index in [1.54, 1.807) is 6.21 Å². The van der Waals surface area contributed by atoms with Crippen molar-refractivity contribution in [2.75, 3.05) is 13.2 Å². The second-order valence-corrected chi connectivity index (χ2v) is 2.84. The highest BCUT2D eigenvalue weighted by molar-refractivity contribution is 5.78. The molecule has 1 fully saturated rings. The maximum atomic E-state index is 8.67. The summed E-state index contributed by atoms with van der Waals surface area (Å²) >= 11 is 0. The lowest BCUT2D eigenvalue weighted by molar-refractivity contribution is 0.337. The van der Waals surface area contributed by atoms with Crippen LogP contribution in [-0.4, -0.2) is 24.5 Å². The highest BCUT2D eigenvalue weighted by Crippen LogP contribution is 2.28. The highest BCUT2D eigenvalue weighted by atomic mass is 16.3. The smallest absolute Gasteiger partial charge is 0.0710 e. The van der Waals surface area contributed by atoms with Crippen LogP contribution in [0.4, 0.5) is 0 Å². The van der Waals surface area contributed by atoms with Crippen molar-refractivity contribution in [2.24, 2.45) is 16.6 Å². The van der Waals surface area contributed by atoms with Gasteiger partial charge >= 0.3 is 0 Å². The molecule has 3 heteroatoms. The second-order valence-electron chi connectivity index (χ2n) is 2.84. The molecule has 0 spiro atoms. The molecule has 0 aromatic heterocycles. The molecule has 62 valence electrons. The third kappa shape index (κ3) is 3.18. The molecule has 0 heterocycles. The van der Waals surface area contributed by atoms with Gasteiger partial charge in [-0.25, -0.2) is 0 Å². The first-order valence-electron chi connectivity index (χ1n) is 3.88. The molecule has 0 atom stereocenters. The Balaban J connectivity index is 2.20. The molecular formula is C8H14N2O. The van der Waals surface area contributed by atoms with Crippen LogP contribution >= 0.6 is 0 Å². The molecule has 1 saturated carbocycles. The van der Waals surface area contributed by atoms with Crippen molar-refractivity contribution >= 4 is 6.21 Å². The minimum atomic E-state index is -0.0231. The van der Waals surface area contributed by atoms with Crippen LogP contribution in [0.3, 0.4) is 0 Å². The number of aliphatic hydroxyl groups excluding tert-OH is 1. The van der Waals surface area contributed by atoms with Crippen LogP contribution in [0, 0.1) is 5.92 Å². The first kappa shape index (κ1) is 8.27. The third-order valence-corrected chi connectivity index (χ3v) is 1.71. The summed E-state index contributed by atoms with van der Waals surface area (Å²) in [5.41, 5.74) is 5.89. The molecule has 0 aliphatic heterocycles. The lowest BCUT2D eigenvalue weighted by Gasteiger charge is -1.92. The molecular weight excluding hydrogens is 140 g/mol. The summed E-state index contributed by atoms with van der Waals surface area (Å²) in [6.45, 7) is 0.863. The van der Waals surface area contributed by atoms with Crippen LogP contribution in [0.15, 0.2) is 16.8 Å². The molecule has 1 rings (SSSR count). The molecule has 3 nitrogen and oxygen atoms in total. The maximum Gasteiger partial charge on any atom is 0.0710 e. The Morgan fingerprint density at radius 1 is 1.64 bits per heavy atom. The Bertz CT molecular complexity index is 171. The average molecular weight is 154 g/mol. The van der Waals surface area contributed by atoms with E-state index >= 15 is 0 Å². The first-order chi connectivity index (χ1) is 5.36. The van der Waals surface area contributed by atoms with Crippen LogP contribution in [-0.2, 0) is 0 Å². The van der Waals surface area contributed by atoms with E-state index in [9.17, 15) is 0 Å². The number of rotatable bonds is 4. The monoisotopic (exact) mass is 154 g/mol. The average Bonchev–Trinajstić information content (AvgIpc) is 2.82. The van der Waals surface area contributed by atoms with Gasteiger partial charge in [0.15, 0.2) is 0 Å². The highest BCUT2D eigenvalue weighted by Gasteiger charge is 2.19. The number of nitrogens with zero attached hydrogens (tertiary/aromatic N) is 1. The molecule has 1 aliphatic rings. The quantitative estimate of drug-likeness (QED) is 0.572. The van der Waals surface area contributed by atoms with Crippen molar-refractivity contribution in [3.05, 3.63) is 11.8 Å². The van der Waals surface area contributed by atoms with Gasteiger partial charge in [-0.1, -0.05) is 0 Å². The van der Waals surface area contributed by atoms with E-state index < -0.39 is 0 Å². The first-order valence-corrected chi connectivity index (χ1v) is 3.88. The SMILES string of the molecule is NC=C(C=NCC1CC1)CO. The van der Waals surface area contributed by atoms with Gasteiger partial charge in [0.2, 0.25) is 0 Å². The fraction of sp³-hybridized carbons (Fsp3) is 0.625. The summed E-state index contributed by atoms with van der Waals surface area (Å²) < 4.78 is 0. The van der Waals surface area contributed by atoms with Crippen molar-refractivity contribution in [3.8, 4) is 0 Å². The fourth-order valence-corrected chi connectivity index (χ4v) is 0.756. The second kappa shape index (κ2) is 4.13. The summed E-state index contributed by atoms with van der Waals surface area (Å²) in [7, 11) is 0. The van der Waals surface area contributed by atoms with Crippen molar-refractivity contribution in [2.45, 2.75) is 12.8 Å². The number of nitrogens with two attached hydrogens (primary N) is 1. The molecule has 0 amide bonds. The molecule has 0 aromatic carbocycles. The normalized spacial score (nSPS) is 19.5. The number of aliphatic imine (C=N–C) groups is 1. The van der Waals surface area contributed by atoms with E-state index in [1.807, 2.05) is 0 Å². The van der Waals surface area contributed by atoms with Crippen molar-refractivity contribution < 1.29 is 5.11 Å². The molecule has 0 bridgehead atoms. The number of hydrogen-bond donors (Lipinski definition) is 2. The summed E-state index contributed by atoms with van der Waals surface area (Å²) in [6, 6.07) is 0. The van der Waals surface area contributed by atoms with E-state index in [2.05, 4.69) is 4.99 Å². The number of aliphatic hydroxyl groups is 1. The predicted molar refractivity (Wildman–Crippen MR) is 45.4 cm³/mol. The zero-order valence-corrected chi connectivity index (χ0v) is 6.53. The molecule has 0 radical (unpaired) electrons. The largest absolute Gasteiger partial charge is 0.404 e. The Labute approximate surface area is 66.6 Å². The van der Waals surface area contributed by atoms with Gasteiger partial charge in [-0.05, 0) is 18.8 Å². The van der Waals surface area contributed by atoms with Gasteiger partial charge in [-0.3, -0.25) is 4.99 Å². The van der Waals surface area contributed by atoms with Gasteiger partial charge in [-0.15, -0.1) is 0 Å². The summed E-state index contributed by atoms with van der Waals surface area (Å²) in [5.74, 6) is 0.795. The fourth-order valence-electron chi connectivity index (χ4n) is 0.756. The van der Waals surface area contributed by atoms with E-state index in [0.717, 1.165) is 12.5 Å². The van der Waals surface area contributed by atoms with E-state index in [4.69, 9.17) is 10.8 Å². The molecule has 1 aliphatic carbocycles. The van der Waals surface area contributed by atoms with Gasteiger partial charge in [0, 0.05) is 24.5 Å². The van der Waals surface area contributed by atoms with Crippen LogP contribution in [0.2, 0.25) is 0 Å². The lowest BCUT2D eigenvalue weighted by Crippen LogP contribution is -1.97. The molecule has 11 heavy (non-hydrogen) atoms. The van der Waals surface area contributed by atoms with Gasteiger partial charge in [0.25, 0.3) is 0 Å². The van der Waals surface area contributed by atoms with Crippen LogP contribution in [0.25, 0.3) is 0 Å². The van der Waals surface area contributed by atoms with Crippen LogP contribution in [0.1, 0.15) is 12.8 Å². The Morgan fingerprint density at radius 3 is 2.82 bits per heavy atom. The van der Waals surface area contributed by atoms with Gasteiger partial charge < -0.3 is 10.8 Å². The number of hydrogen-bond acceptors (Lipinski definition) is 3. The molecule has 0 saturated heterocycles. The zero-order valence-electron chi connectivity index (χ0n) is 6.53. The third-order valence-electron chi connectivity index (χ3n) is 1.71. The van der Waals surface area contributed by atoms with E-state index in [1.165, 1.54) is 19.0 Å².